The summed E-state index contributed by atoms with van der Waals surface area (Å²) < 4.78 is 1.23. The van der Waals surface area contributed by atoms with Crippen molar-refractivity contribution < 1.29 is 4.79 Å². The van der Waals surface area contributed by atoms with E-state index in [1.54, 1.807) is 48.5 Å². The van der Waals surface area contributed by atoms with E-state index in [0.29, 0.717) is 16.8 Å². The van der Waals surface area contributed by atoms with E-state index in [-0.39, 0.29) is 5.91 Å². The van der Waals surface area contributed by atoms with Crippen molar-refractivity contribution >= 4 is 24.4 Å². The normalized spacial score (nSPS) is 9.56. The van der Waals surface area contributed by atoms with Crippen LogP contribution in [-0.4, -0.2) is 5.91 Å². The minimum atomic E-state index is -0.228. The van der Waals surface area contributed by atoms with Gasteiger partial charge in [0.2, 0.25) is 0 Å². The highest BCUT2D eigenvalue weighted by molar-refractivity contribution is 7.82. The third-order valence-corrected chi connectivity index (χ3v) is 2.85. The van der Waals surface area contributed by atoms with Crippen LogP contribution in [0.1, 0.15) is 15.9 Å². The number of nitrogens with zero attached hydrogens (tertiary/aromatic N) is 2. The first-order valence-corrected chi connectivity index (χ1v) is 5.71. The van der Waals surface area contributed by atoms with Crippen molar-refractivity contribution in [1.29, 1.82) is 5.26 Å². The molecule has 0 saturated carbocycles. The predicted octanol–water partition coefficient (Wildman–Crippen LogP) is 3.05. The van der Waals surface area contributed by atoms with Gasteiger partial charge in [0.05, 0.1) is 17.3 Å². The van der Waals surface area contributed by atoms with Gasteiger partial charge in [-0.25, -0.2) is 0 Å². The molecular formula is C14H10N2OS. The Morgan fingerprint density at radius 1 is 1.11 bits per heavy atom. The minimum Gasteiger partial charge on any atom is -0.268 e. The number of benzene rings is 2. The lowest BCUT2D eigenvalue weighted by molar-refractivity contribution is 0.101. The number of nitriles is 1. The van der Waals surface area contributed by atoms with Crippen LogP contribution in [0, 0.1) is 11.3 Å². The second kappa shape index (κ2) is 5.39. The summed E-state index contributed by atoms with van der Waals surface area (Å²) in [6.45, 7) is 0. The van der Waals surface area contributed by atoms with Crippen LogP contribution in [0.4, 0.5) is 5.69 Å². The zero-order valence-electron chi connectivity index (χ0n) is 9.45. The van der Waals surface area contributed by atoms with Gasteiger partial charge < -0.3 is 0 Å². The van der Waals surface area contributed by atoms with Crippen molar-refractivity contribution in [2.75, 3.05) is 4.31 Å². The standard InChI is InChI=1S/C14H10N2OS/c15-10-11-5-4-8-13(9-11)16(18)14(17)12-6-2-1-3-7-12/h1-9,18H. The maximum absolute atomic E-state index is 12.1. The van der Waals surface area contributed by atoms with Crippen molar-refractivity contribution in [1.82, 2.24) is 0 Å². The molecule has 0 heterocycles. The van der Waals surface area contributed by atoms with Crippen molar-refractivity contribution in [2.24, 2.45) is 0 Å². The van der Waals surface area contributed by atoms with Crippen molar-refractivity contribution in [2.45, 2.75) is 0 Å². The third-order valence-electron chi connectivity index (χ3n) is 2.43. The van der Waals surface area contributed by atoms with Crippen LogP contribution < -0.4 is 4.31 Å². The van der Waals surface area contributed by atoms with Gasteiger partial charge in [-0.15, -0.1) is 0 Å². The van der Waals surface area contributed by atoms with Crippen LogP contribution in [0.3, 0.4) is 0 Å². The summed E-state index contributed by atoms with van der Waals surface area (Å²) in [6.07, 6.45) is 0. The van der Waals surface area contributed by atoms with E-state index in [1.165, 1.54) is 4.31 Å². The molecule has 2 aromatic carbocycles. The number of hydrogen-bond acceptors (Lipinski definition) is 3. The van der Waals surface area contributed by atoms with Crippen molar-refractivity contribution in [3.63, 3.8) is 0 Å². The third kappa shape index (κ3) is 2.53. The quantitative estimate of drug-likeness (QED) is 0.837. The lowest BCUT2D eigenvalue weighted by Crippen LogP contribution is -2.20. The van der Waals surface area contributed by atoms with Crippen LogP contribution in [-0.2, 0) is 0 Å². The molecule has 0 aliphatic carbocycles. The molecule has 4 heteroatoms. The van der Waals surface area contributed by atoms with E-state index in [1.807, 2.05) is 12.1 Å². The molecule has 0 radical (unpaired) electrons. The van der Waals surface area contributed by atoms with E-state index < -0.39 is 0 Å². The molecule has 2 rings (SSSR count). The summed E-state index contributed by atoms with van der Waals surface area (Å²) >= 11 is 4.19. The maximum Gasteiger partial charge on any atom is 0.268 e. The molecule has 0 unspecified atom stereocenters. The molecule has 0 saturated heterocycles. The molecule has 2 aromatic rings. The minimum absolute atomic E-state index is 0.228. The highest BCUT2D eigenvalue weighted by Gasteiger charge is 2.14. The van der Waals surface area contributed by atoms with E-state index in [2.05, 4.69) is 12.8 Å². The molecule has 3 nitrogen and oxygen atoms in total. The van der Waals surface area contributed by atoms with Gasteiger partial charge in [0.1, 0.15) is 0 Å². The zero-order valence-corrected chi connectivity index (χ0v) is 10.3. The van der Waals surface area contributed by atoms with Gasteiger partial charge in [0.15, 0.2) is 0 Å². The van der Waals surface area contributed by atoms with Gasteiger partial charge in [0, 0.05) is 5.56 Å². The Morgan fingerprint density at radius 2 is 1.83 bits per heavy atom. The monoisotopic (exact) mass is 254 g/mol. The zero-order chi connectivity index (χ0) is 13.0. The number of rotatable bonds is 2. The topological polar surface area (TPSA) is 44.1 Å². The van der Waals surface area contributed by atoms with Gasteiger partial charge >= 0.3 is 0 Å². The van der Waals surface area contributed by atoms with Crippen LogP contribution in [0.15, 0.2) is 54.6 Å². The first-order valence-electron chi connectivity index (χ1n) is 5.31. The van der Waals surface area contributed by atoms with Crippen LogP contribution in [0.2, 0.25) is 0 Å². The van der Waals surface area contributed by atoms with Gasteiger partial charge in [0.25, 0.3) is 5.91 Å². The fourth-order valence-corrected chi connectivity index (χ4v) is 1.77. The number of hydrogen-bond donors (Lipinski definition) is 1. The average Bonchev–Trinajstić information content (AvgIpc) is 2.46. The summed E-state index contributed by atoms with van der Waals surface area (Å²) in [5.41, 5.74) is 1.62. The molecule has 0 aliphatic rings. The van der Waals surface area contributed by atoms with Crippen LogP contribution in [0.25, 0.3) is 0 Å². The van der Waals surface area contributed by atoms with Crippen molar-refractivity contribution in [3.8, 4) is 6.07 Å². The van der Waals surface area contributed by atoms with E-state index >= 15 is 0 Å². The van der Waals surface area contributed by atoms with Gasteiger partial charge in [-0.2, -0.15) is 5.26 Å². The lowest BCUT2D eigenvalue weighted by atomic mass is 10.2. The molecule has 18 heavy (non-hydrogen) atoms. The highest BCUT2D eigenvalue weighted by atomic mass is 32.1. The molecule has 0 N–H and O–H groups in total. The molecule has 0 fully saturated rings. The first-order chi connectivity index (χ1) is 8.72. The molecule has 1 amide bonds. The molecular weight excluding hydrogens is 244 g/mol. The maximum atomic E-state index is 12.1. The van der Waals surface area contributed by atoms with E-state index in [4.69, 9.17) is 5.26 Å². The largest absolute Gasteiger partial charge is 0.268 e. The van der Waals surface area contributed by atoms with Gasteiger partial charge in [-0.3, -0.25) is 9.10 Å². The molecule has 0 bridgehead atoms. The Bertz CT molecular complexity index is 605. The molecule has 0 atom stereocenters. The fraction of sp³-hybridized carbons (Fsp3) is 0. The Labute approximate surface area is 111 Å². The first kappa shape index (κ1) is 12.2. The Morgan fingerprint density at radius 3 is 2.50 bits per heavy atom. The SMILES string of the molecule is N#Cc1cccc(N(S)C(=O)c2ccccc2)c1. The summed E-state index contributed by atoms with van der Waals surface area (Å²) in [7, 11) is 0. The summed E-state index contributed by atoms with van der Waals surface area (Å²) in [4.78, 5) is 12.1. The number of carbonyl (C=O) groups excluding carboxylic acids is 1. The number of thiol groups is 1. The van der Waals surface area contributed by atoms with Gasteiger partial charge in [-0.1, -0.05) is 37.1 Å². The predicted molar refractivity (Wildman–Crippen MR) is 73.4 cm³/mol. The lowest BCUT2D eigenvalue weighted by Gasteiger charge is -2.15. The summed E-state index contributed by atoms with van der Waals surface area (Å²) in [5, 5.41) is 8.82. The second-order valence-electron chi connectivity index (χ2n) is 3.65. The van der Waals surface area contributed by atoms with Gasteiger partial charge in [-0.05, 0) is 30.3 Å². The fourth-order valence-electron chi connectivity index (χ4n) is 1.53. The number of carbonyl (C=O) groups is 1. The van der Waals surface area contributed by atoms with E-state index in [9.17, 15) is 4.79 Å². The Hall–Kier alpha value is -2.25. The van der Waals surface area contributed by atoms with Crippen LogP contribution in [0.5, 0.6) is 0 Å². The van der Waals surface area contributed by atoms with Crippen molar-refractivity contribution in [3.05, 3.63) is 65.7 Å². The summed E-state index contributed by atoms with van der Waals surface area (Å²) in [5.74, 6) is -0.228. The van der Waals surface area contributed by atoms with Crippen LogP contribution >= 0.6 is 12.8 Å². The smallest absolute Gasteiger partial charge is 0.268 e. The average molecular weight is 254 g/mol. The summed E-state index contributed by atoms with van der Waals surface area (Å²) in [6, 6.07) is 17.6. The molecule has 88 valence electrons. The Kier molecular flexibility index (Phi) is 3.66. The number of anilines is 1. The Balaban J connectivity index is 2.29. The highest BCUT2D eigenvalue weighted by Crippen LogP contribution is 2.20. The molecule has 0 aliphatic heterocycles. The number of amides is 1. The van der Waals surface area contributed by atoms with E-state index in [0.717, 1.165) is 0 Å². The molecule has 0 aromatic heterocycles. The second-order valence-corrected chi connectivity index (χ2v) is 4.05. The molecule has 0 spiro atoms.